The van der Waals surface area contributed by atoms with Gasteiger partial charge in [-0.1, -0.05) is 44.4 Å². The molecule has 2 aromatic rings. The Balaban J connectivity index is 1.84. The van der Waals surface area contributed by atoms with E-state index in [0.717, 1.165) is 18.7 Å². The molecule has 0 spiro atoms. The first-order valence-electron chi connectivity index (χ1n) is 8.97. The molecule has 0 aliphatic carbocycles. The molecule has 2 rings (SSSR count). The summed E-state index contributed by atoms with van der Waals surface area (Å²) >= 11 is 0. The summed E-state index contributed by atoms with van der Waals surface area (Å²) in [6, 6.07) is 12.3. The zero-order valence-electron chi connectivity index (χ0n) is 15.2. The van der Waals surface area contributed by atoms with Gasteiger partial charge in [-0.25, -0.2) is 4.39 Å². The van der Waals surface area contributed by atoms with Gasteiger partial charge in [-0.3, -0.25) is 0 Å². The summed E-state index contributed by atoms with van der Waals surface area (Å²) in [6.45, 7) is 4.46. The van der Waals surface area contributed by atoms with Gasteiger partial charge in [-0.05, 0) is 48.4 Å². The lowest BCUT2D eigenvalue weighted by molar-refractivity contribution is 0.284. The Morgan fingerprint density at radius 3 is 2.40 bits per heavy atom. The SMILES string of the molecule is CCCCCCNCc1ccc(OCc2ccc(F)cc2)c(OC)c1. The largest absolute Gasteiger partial charge is 0.493 e. The Labute approximate surface area is 150 Å². The van der Waals surface area contributed by atoms with Crippen LogP contribution in [0.2, 0.25) is 0 Å². The molecule has 0 atom stereocenters. The first-order chi connectivity index (χ1) is 12.2. The molecule has 0 heterocycles. The van der Waals surface area contributed by atoms with Gasteiger partial charge in [0.1, 0.15) is 12.4 Å². The summed E-state index contributed by atoms with van der Waals surface area (Å²) in [5.74, 6) is 1.17. The predicted molar refractivity (Wildman–Crippen MR) is 99.6 cm³/mol. The first-order valence-corrected chi connectivity index (χ1v) is 8.97. The van der Waals surface area contributed by atoms with E-state index >= 15 is 0 Å². The van der Waals surface area contributed by atoms with Crippen LogP contribution in [0.5, 0.6) is 11.5 Å². The summed E-state index contributed by atoms with van der Waals surface area (Å²) in [4.78, 5) is 0. The van der Waals surface area contributed by atoms with Crippen molar-refractivity contribution in [2.75, 3.05) is 13.7 Å². The molecule has 0 saturated carbocycles. The lowest BCUT2D eigenvalue weighted by atomic mass is 10.2. The second kappa shape index (κ2) is 10.7. The smallest absolute Gasteiger partial charge is 0.161 e. The lowest BCUT2D eigenvalue weighted by Gasteiger charge is -2.13. The number of hydrogen-bond acceptors (Lipinski definition) is 3. The second-order valence-corrected chi connectivity index (χ2v) is 6.14. The molecule has 0 aliphatic rings. The fourth-order valence-electron chi connectivity index (χ4n) is 2.59. The van der Waals surface area contributed by atoms with E-state index in [1.54, 1.807) is 19.2 Å². The molecule has 3 nitrogen and oxygen atoms in total. The Kier molecular flexibility index (Phi) is 8.26. The first kappa shape index (κ1) is 19.3. The summed E-state index contributed by atoms with van der Waals surface area (Å²) < 4.78 is 24.2. The number of nitrogens with one attached hydrogen (secondary N) is 1. The maximum absolute atomic E-state index is 12.9. The van der Waals surface area contributed by atoms with Crippen molar-refractivity contribution < 1.29 is 13.9 Å². The Bertz CT molecular complexity index is 628. The van der Waals surface area contributed by atoms with E-state index in [-0.39, 0.29) is 5.82 Å². The minimum absolute atomic E-state index is 0.243. The zero-order valence-corrected chi connectivity index (χ0v) is 15.2. The van der Waals surface area contributed by atoms with Gasteiger partial charge in [0.05, 0.1) is 7.11 Å². The van der Waals surface area contributed by atoms with E-state index in [4.69, 9.17) is 9.47 Å². The molecule has 0 radical (unpaired) electrons. The number of ether oxygens (including phenoxy) is 2. The summed E-state index contributed by atoms with van der Waals surface area (Å²) in [5.41, 5.74) is 2.09. The highest BCUT2D eigenvalue weighted by Crippen LogP contribution is 2.28. The van der Waals surface area contributed by atoms with Crippen LogP contribution in [0.1, 0.15) is 43.7 Å². The minimum atomic E-state index is -0.243. The van der Waals surface area contributed by atoms with Gasteiger partial charge >= 0.3 is 0 Å². The average molecular weight is 345 g/mol. The van der Waals surface area contributed by atoms with Gasteiger partial charge in [-0.2, -0.15) is 0 Å². The highest BCUT2D eigenvalue weighted by atomic mass is 19.1. The van der Waals surface area contributed by atoms with Crippen molar-refractivity contribution in [1.29, 1.82) is 0 Å². The van der Waals surface area contributed by atoms with Crippen molar-refractivity contribution in [2.45, 2.75) is 45.8 Å². The Morgan fingerprint density at radius 1 is 0.920 bits per heavy atom. The third-order valence-electron chi connectivity index (χ3n) is 4.07. The van der Waals surface area contributed by atoms with Crippen LogP contribution >= 0.6 is 0 Å². The number of unbranched alkanes of at least 4 members (excludes halogenated alkanes) is 3. The molecule has 0 unspecified atom stereocenters. The van der Waals surface area contributed by atoms with Crippen molar-refractivity contribution in [2.24, 2.45) is 0 Å². The molecule has 0 aliphatic heterocycles. The van der Waals surface area contributed by atoms with Crippen LogP contribution < -0.4 is 14.8 Å². The van der Waals surface area contributed by atoms with E-state index in [0.29, 0.717) is 18.1 Å². The topological polar surface area (TPSA) is 30.5 Å². The minimum Gasteiger partial charge on any atom is -0.493 e. The monoisotopic (exact) mass is 345 g/mol. The van der Waals surface area contributed by atoms with E-state index < -0.39 is 0 Å². The molecule has 0 fully saturated rings. The van der Waals surface area contributed by atoms with Crippen molar-refractivity contribution in [3.63, 3.8) is 0 Å². The second-order valence-electron chi connectivity index (χ2n) is 6.14. The van der Waals surface area contributed by atoms with E-state index in [1.807, 2.05) is 18.2 Å². The van der Waals surface area contributed by atoms with Crippen LogP contribution in [0.15, 0.2) is 42.5 Å². The maximum atomic E-state index is 12.9. The number of rotatable bonds is 11. The van der Waals surface area contributed by atoms with Gasteiger partial charge in [0.25, 0.3) is 0 Å². The zero-order chi connectivity index (χ0) is 17.9. The molecular formula is C21H28FNO2. The van der Waals surface area contributed by atoms with Crippen LogP contribution in [0.4, 0.5) is 4.39 Å². The highest BCUT2D eigenvalue weighted by molar-refractivity contribution is 5.43. The third-order valence-corrected chi connectivity index (χ3v) is 4.07. The van der Waals surface area contributed by atoms with Gasteiger partial charge in [0.2, 0.25) is 0 Å². The Hall–Kier alpha value is -2.07. The molecule has 0 amide bonds. The number of methoxy groups -OCH3 is 1. The summed E-state index contributed by atoms with van der Waals surface area (Å²) in [6.07, 6.45) is 5.05. The number of benzene rings is 2. The summed E-state index contributed by atoms with van der Waals surface area (Å²) in [5, 5.41) is 3.46. The molecule has 0 bridgehead atoms. The van der Waals surface area contributed by atoms with E-state index in [2.05, 4.69) is 12.2 Å². The van der Waals surface area contributed by atoms with Crippen molar-refractivity contribution in [1.82, 2.24) is 5.32 Å². The van der Waals surface area contributed by atoms with Crippen molar-refractivity contribution in [3.8, 4) is 11.5 Å². The fourth-order valence-corrected chi connectivity index (χ4v) is 2.59. The highest BCUT2D eigenvalue weighted by Gasteiger charge is 2.06. The molecule has 136 valence electrons. The normalized spacial score (nSPS) is 10.7. The van der Waals surface area contributed by atoms with Crippen LogP contribution in [0.25, 0.3) is 0 Å². The van der Waals surface area contributed by atoms with Crippen LogP contribution in [-0.2, 0) is 13.2 Å². The standard InChI is InChI=1S/C21H28FNO2/c1-3-4-5-6-13-23-15-18-9-12-20(21(14-18)24-2)25-16-17-7-10-19(22)11-8-17/h7-12,14,23H,3-6,13,15-16H2,1-2H3. The summed E-state index contributed by atoms with van der Waals surface area (Å²) in [7, 11) is 1.64. The third kappa shape index (κ3) is 6.75. The maximum Gasteiger partial charge on any atom is 0.161 e. The quantitative estimate of drug-likeness (QED) is 0.576. The molecule has 1 N–H and O–H groups in total. The van der Waals surface area contributed by atoms with Gasteiger partial charge < -0.3 is 14.8 Å². The van der Waals surface area contributed by atoms with Crippen molar-refractivity contribution >= 4 is 0 Å². The van der Waals surface area contributed by atoms with Gasteiger partial charge in [0, 0.05) is 6.54 Å². The lowest BCUT2D eigenvalue weighted by Crippen LogP contribution is -2.14. The fraction of sp³-hybridized carbons (Fsp3) is 0.429. The number of hydrogen-bond donors (Lipinski definition) is 1. The predicted octanol–water partition coefficient (Wildman–Crippen LogP) is 5.08. The van der Waals surface area contributed by atoms with E-state index in [1.165, 1.54) is 43.4 Å². The average Bonchev–Trinajstić information content (AvgIpc) is 2.64. The van der Waals surface area contributed by atoms with Gasteiger partial charge in [0.15, 0.2) is 11.5 Å². The Morgan fingerprint density at radius 2 is 1.68 bits per heavy atom. The molecule has 2 aromatic carbocycles. The molecule has 4 heteroatoms. The van der Waals surface area contributed by atoms with Crippen LogP contribution in [0, 0.1) is 5.82 Å². The van der Waals surface area contributed by atoms with Gasteiger partial charge in [-0.15, -0.1) is 0 Å². The molecular weight excluding hydrogens is 317 g/mol. The van der Waals surface area contributed by atoms with Crippen molar-refractivity contribution in [3.05, 3.63) is 59.4 Å². The number of halogens is 1. The van der Waals surface area contributed by atoms with Crippen LogP contribution in [-0.4, -0.2) is 13.7 Å². The van der Waals surface area contributed by atoms with Crippen LogP contribution in [0.3, 0.4) is 0 Å². The molecule has 25 heavy (non-hydrogen) atoms. The molecule has 0 saturated heterocycles. The van der Waals surface area contributed by atoms with E-state index in [9.17, 15) is 4.39 Å². The molecule has 0 aromatic heterocycles.